The van der Waals surface area contributed by atoms with Crippen LogP contribution in [0.5, 0.6) is 0 Å². The van der Waals surface area contributed by atoms with Crippen LogP contribution in [-0.2, 0) is 10.0 Å². The van der Waals surface area contributed by atoms with Crippen molar-refractivity contribution >= 4 is 20.9 Å². The van der Waals surface area contributed by atoms with E-state index in [-0.39, 0.29) is 4.90 Å². The second kappa shape index (κ2) is 7.10. The summed E-state index contributed by atoms with van der Waals surface area (Å²) in [6, 6.07) is 15.5. The lowest BCUT2D eigenvalue weighted by Crippen LogP contribution is -2.29. The summed E-state index contributed by atoms with van der Waals surface area (Å²) in [5.74, 6) is 0.393. The highest BCUT2D eigenvalue weighted by molar-refractivity contribution is 7.89. The lowest BCUT2D eigenvalue weighted by Gasteiger charge is -2.15. The normalized spacial score (nSPS) is 12.9. The van der Waals surface area contributed by atoms with Crippen LogP contribution in [0.4, 0.5) is 0 Å². The minimum atomic E-state index is -3.83. The van der Waals surface area contributed by atoms with E-state index in [4.69, 9.17) is 0 Å². The number of fused-ring (bicyclic) bond motifs is 1. The molecule has 1 N–H and O–H groups in total. The van der Waals surface area contributed by atoms with Gasteiger partial charge in [-0.3, -0.25) is 4.98 Å². The molecule has 4 aromatic rings. The Balaban J connectivity index is 1.71. The number of pyridine rings is 1. The molecule has 9 heteroatoms. The van der Waals surface area contributed by atoms with E-state index in [1.807, 2.05) is 37.3 Å². The second-order valence-corrected chi connectivity index (χ2v) is 8.09. The molecule has 28 heavy (non-hydrogen) atoms. The van der Waals surface area contributed by atoms with E-state index in [0.717, 1.165) is 11.3 Å². The predicted octanol–water partition coefficient (Wildman–Crippen LogP) is 2.56. The average Bonchev–Trinajstić information content (AvgIpc) is 3.19. The summed E-state index contributed by atoms with van der Waals surface area (Å²) < 4.78 is 30.4. The zero-order valence-electron chi connectivity index (χ0n) is 15.3. The Hall–Kier alpha value is -3.17. The van der Waals surface area contributed by atoms with Crippen LogP contribution in [0.15, 0.2) is 65.7 Å². The van der Waals surface area contributed by atoms with Gasteiger partial charge in [0.25, 0.3) is 0 Å². The lowest BCUT2D eigenvalue weighted by atomic mass is 10.1. The van der Waals surface area contributed by atoms with Gasteiger partial charge in [0, 0.05) is 11.6 Å². The van der Waals surface area contributed by atoms with E-state index < -0.39 is 16.1 Å². The van der Waals surface area contributed by atoms with Gasteiger partial charge in [-0.1, -0.05) is 24.3 Å². The molecule has 142 valence electrons. The quantitative estimate of drug-likeness (QED) is 0.558. The van der Waals surface area contributed by atoms with E-state index in [9.17, 15) is 8.42 Å². The summed E-state index contributed by atoms with van der Waals surface area (Å²) in [7, 11) is -3.83. The van der Waals surface area contributed by atoms with Crippen molar-refractivity contribution in [3.05, 3.63) is 72.2 Å². The molecule has 0 saturated heterocycles. The Bertz CT molecular complexity index is 1240. The Kier molecular flexibility index (Phi) is 4.62. The van der Waals surface area contributed by atoms with E-state index in [1.54, 1.807) is 37.4 Å². The zero-order chi connectivity index (χ0) is 19.7. The fourth-order valence-corrected chi connectivity index (χ4v) is 4.49. The molecule has 4 rings (SSSR count). The first kappa shape index (κ1) is 18.2. The number of para-hydroxylation sites is 1. The Morgan fingerprint density at radius 1 is 1.04 bits per heavy atom. The van der Waals surface area contributed by atoms with Gasteiger partial charge in [-0.05, 0) is 60.2 Å². The van der Waals surface area contributed by atoms with Gasteiger partial charge in [0.2, 0.25) is 10.0 Å². The predicted molar refractivity (Wildman–Crippen MR) is 104 cm³/mol. The monoisotopic (exact) mass is 394 g/mol. The van der Waals surface area contributed by atoms with Crippen LogP contribution in [0.2, 0.25) is 0 Å². The molecule has 2 aromatic heterocycles. The van der Waals surface area contributed by atoms with Crippen molar-refractivity contribution in [2.24, 2.45) is 0 Å². The molecule has 0 amide bonds. The van der Waals surface area contributed by atoms with Gasteiger partial charge in [-0.25, -0.2) is 13.1 Å². The van der Waals surface area contributed by atoms with Gasteiger partial charge in [-0.15, -0.1) is 5.10 Å². The van der Waals surface area contributed by atoms with Crippen LogP contribution >= 0.6 is 0 Å². The first-order valence-corrected chi connectivity index (χ1v) is 10.2. The molecular weight excluding hydrogens is 376 g/mol. The minimum absolute atomic E-state index is 0.173. The molecule has 0 fully saturated rings. The highest BCUT2D eigenvalue weighted by Gasteiger charge is 2.25. The van der Waals surface area contributed by atoms with Crippen molar-refractivity contribution in [3.63, 3.8) is 0 Å². The van der Waals surface area contributed by atoms with E-state index >= 15 is 0 Å². The van der Waals surface area contributed by atoms with Gasteiger partial charge < -0.3 is 0 Å². The van der Waals surface area contributed by atoms with E-state index in [0.29, 0.717) is 16.7 Å². The maximum Gasteiger partial charge on any atom is 0.241 e. The number of hydrogen-bond acceptors (Lipinski definition) is 6. The fourth-order valence-electron chi connectivity index (χ4n) is 3.09. The Labute approximate surface area is 162 Å². The van der Waals surface area contributed by atoms with Gasteiger partial charge >= 0.3 is 0 Å². The molecule has 0 bridgehead atoms. The molecule has 0 aliphatic heterocycles. The number of nitrogens with one attached hydrogen (secondary N) is 1. The Morgan fingerprint density at radius 2 is 1.82 bits per heavy atom. The smallest absolute Gasteiger partial charge is 0.241 e. The average molecular weight is 394 g/mol. The third kappa shape index (κ3) is 3.25. The largest absolute Gasteiger partial charge is 0.256 e. The highest BCUT2D eigenvalue weighted by Crippen LogP contribution is 2.25. The number of benzene rings is 2. The highest BCUT2D eigenvalue weighted by atomic mass is 32.2. The molecule has 1 atom stereocenters. The number of tetrazole rings is 1. The van der Waals surface area contributed by atoms with E-state index in [2.05, 4.69) is 25.2 Å². The Morgan fingerprint density at radius 3 is 2.61 bits per heavy atom. The van der Waals surface area contributed by atoms with Gasteiger partial charge in [-0.2, -0.15) is 4.68 Å². The van der Waals surface area contributed by atoms with Crippen LogP contribution in [0.3, 0.4) is 0 Å². The molecule has 2 heterocycles. The maximum atomic E-state index is 13.1. The number of sulfonamides is 1. The van der Waals surface area contributed by atoms with Crippen molar-refractivity contribution < 1.29 is 8.42 Å². The van der Waals surface area contributed by atoms with Crippen molar-refractivity contribution in [1.29, 1.82) is 0 Å². The topological polar surface area (TPSA) is 103 Å². The van der Waals surface area contributed by atoms with Crippen LogP contribution in [0.1, 0.15) is 24.4 Å². The fraction of sp³-hybridized carbons (Fsp3) is 0.158. The molecule has 0 spiro atoms. The summed E-state index contributed by atoms with van der Waals surface area (Å²) >= 11 is 0. The molecule has 1 unspecified atom stereocenters. The number of aryl methyl sites for hydroxylation is 1. The van der Waals surface area contributed by atoms with Crippen molar-refractivity contribution in [2.45, 2.75) is 24.8 Å². The van der Waals surface area contributed by atoms with Crippen LogP contribution in [0, 0.1) is 6.92 Å². The molecule has 2 aromatic carbocycles. The summed E-state index contributed by atoms with van der Waals surface area (Å²) in [6.45, 7) is 3.60. The zero-order valence-corrected chi connectivity index (χ0v) is 16.1. The molecular formula is C19H18N6O2S. The third-order valence-corrected chi connectivity index (χ3v) is 6.03. The summed E-state index contributed by atoms with van der Waals surface area (Å²) in [5, 5.41) is 12.3. The minimum Gasteiger partial charge on any atom is -0.256 e. The molecule has 0 saturated carbocycles. The maximum absolute atomic E-state index is 13.1. The van der Waals surface area contributed by atoms with Crippen molar-refractivity contribution in [3.8, 4) is 5.69 Å². The van der Waals surface area contributed by atoms with Crippen LogP contribution < -0.4 is 4.72 Å². The number of rotatable bonds is 5. The van der Waals surface area contributed by atoms with Gasteiger partial charge in [0.15, 0.2) is 5.82 Å². The standard InChI is InChI=1S/C19H18N6O2S/c1-13-10-11-17(16-9-6-12-20-18(13)16)28(26,27)22-14(2)19-21-23-24-25(19)15-7-4-3-5-8-15/h3-12,14,22H,1-2H3. The van der Waals surface area contributed by atoms with Crippen LogP contribution in [-0.4, -0.2) is 33.6 Å². The van der Waals surface area contributed by atoms with Gasteiger partial charge in [0.1, 0.15) is 0 Å². The second-order valence-electron chi connectivity index (χ2n) is 6.41. The first-order chi connectivity index (χ1) is 13.5. The molecule has 8 nitrogen and oxygen atoms in total. The number of nitrogens with zero attached hydrogens (tertiary/aromatic N) is 5. The first-order valence-electron chi connectivity index (χ1n) is 8.68. The van der Waals surface area contributed by atoms with E-state index in [1.165, 1.54) is 4.68 Å². The van der Waals surface area contributed by atoms with Crippen molar-refractivity contribution in [2.75, 3.05) is 0 Å². The molecule has 0 aliphatic carbocycles. The SMILES string of the molecule is Cc1ccc(S(=O)(=O)NC(C)c2nnnn2-c2ccccc2)c2cccnc12. The molecule has 0 aliphatic rings. The number of hydrogen-bond donors (Lipinski definition) is 1. The number of aromatic nitrogens is 5. The lowest BCUT2D eigenvalue weighted by molar-refractivity contribution is 0.555. The molecule has 0 radical (unpaired) electrons. The van der Waals surface area contributed by atoms with Crippen molar-refractivity contribution in [1.82, 2.24) is 29.9 Å². The summed E-state index contributed by atoms with van der Waals surface area (Å²) in [5.41, 5.74) is 2.32. The van der Waals surface area contributed by atoms with Crippen LogP contribution in [0.25, 0.3) is 16.6 Å². The third-order valence-electron chi connectivity index (χ3n) is 4.43. The summed E-state index contributed by atoms with van der Waals surface area (Å²) in [4.78, 5) is 4.48. The van der Waals surface area contributed by atoms with Gasteiger partial charge in [0.05, 0.1) is 22.1 Å². The summed E-state index contributed by atoms with van der Waals surface area (Å²) in [6.07, 6.45) is 1.65.